The quantitative estimate of drug-likeness (QED) is 0.874. The van der Waals surface area contributed by atoms with Gasteiger partial charge in [0.1, 0.15) is 0 Å². The van der Waals surface area contributed by atoms with Gasteiger partial charge in [-0.15, -0.1) is 11.3 Å². The number of hydrogen-bond acceptors (Lipinski definition) is 2. The third-order valence-electron chi connectivity index (χ3n) is 3.48. The van der Waals surface area contributed by atoms with Crippen LogP contribution in [0.3, 0.4) is 0 Å². The summed E-state index contributed by atoms with van der Waals surface area (Å²) < 4.78 is 0. The topological polar surface area (TPSA) is 20.2 Å². The maximum Gasteiger partial charge on any atom is 0.0841 e. The van der Waals surface area contributed by atoms with Gasteiger partial charge < -0.3 is 5.11 Å². The predicted octanol–water partition coefficient (Wildman–Crippen LogP) is 4.26. The lowest BCUT2D eigenvalue weighted by molar-refractivity contribution is 0.178. The normalized spacial score (nSPS) is 12.7. The van der Waals surface area contributed by atoms with Crippen LogP contribution in [-0.2, 0) is 6.42 Å². The van der Waals surface area contributed by atoms with Crippen molar-refractivity contribution in [1.82, 2.24) is 0 Å². The second-order valence-electron chi connectivity index (χ2n) is 4.96. The Labute approximate surface area is 113 Å². The van der Waals surface area contributed by atoms with Crippen LogP contribution in [0.1, 0.15) is 38.1 Å². The van der Waals surface area contributed by atoms with E-state index in [2.05, 4.69) is 52.0 Å². The molecule has 0 aliphatic heterocycles. The summed E-state index contributed by atoms with van der Waals surface area (Å²) in [5, 5.41) is 10.4. The molecule has 1 aromatic heterocycles. The van der Waals surface area contributed by atoms with Gasteiger partial charge in [-0.05, 0) is 56.0 Å². The summed E-state index contributed by atoms with van der Waals surface area (Å²) in [5.41, 5.74) is 4.88. The van der Waals surface area contributed by atoms with Gasteiger partial charge in [-0.1, -0.05) is 18.2 Å². The molecular formula is C16H20OS. The summed E-state index contributed by atoms with van der Waals surface area (Å²) in [4.78, 5) is 2.49. The van der Waals surface area contributed by atoms with E-state index in [0.29, 0.717) is 6.42 Å². The molecule has 2 heteroatoms. The third kappa shape index (κ3) is 2.65. The van der Waals surface area contributed by atoms with Crippen molar-refractivity contribution in [1.29, 1.82) is 0 Å². The molecule has 0 aliphatic rings. The summed E-state index contributed by atoms with van der Waals surface area (Å²) in [6, 6.07) is 8.40. The second-order valence-corrected chi connectivity index (χ2v) is 6.42. The summed E-state index contributed by atoms with van der Waals surface area (Å²) in [7, 11) is 0. The molecule has 2 rings (SSSR count). The van der Waals surface area contributed by atoms with Crippen LogP contribution >= 0.6 is 11.3 Å². The molecule has 0 spiro atoms. The largest absolute Gasteiger partial charge is 0.388 e. The summed E-state index contributed by atoms with van der Waals surface area (Å²) in [6.45, 7) is 8.40. The molecule has 2 aromatic rings. The van der Waals surface area contributed by atoms with Crippen LogP contribution in [0.5, 0.6) is 0 Å². The van der Waals surface area contributed by atoms with Gasteiger partial charge in [-0.25, -0.2) is 0 Å². The molecule has 18 heavy (non-hydrogen) atoms. The van der Waals surface area contributed by atoms with E-state index in [1.54, 1.807) is 11.3 Å². The first-order chi connectivity index (χ1) is 8.49. The highest BCUT2D eigenvalue weighted by Crippen LogP contribution is 2.29. The number of aliphatic hydroxyl groups excluding tert-OH is 1. The Bertz CT molecular complexity index is 534. The summed E-state index contributed by atoms with van der Waals surface area (Å²) in [6.07, 6.45) is 0.310. The van der Waals surface area contributed by atoms with Crippen LogP contribution in [-0.4, -0.2) is 5.11 Å². The van der Waals surface area contributed by atoms with Crippen LogP contribution < -0.4 is 0 Å². The SMILES string of the molecule is Cc1cc(C(O)Cc2c(C)cccc2C)c(C)s1. The highest BCUT2D eigenvalue weighted by Gasteiger charge is 2.15. The molecule has 0 amide bonds. The van der Waals surface area contributed by atoms with Gasteiger partial charge in [0.25, 0.3) is 0 Å². The molecule has 0 saturated heterocycles. The molecule has 1 atom stereocenters. The maximum absolute atomic E-state index is 10.4. The number of aliphatic hydroxyl groups is 1. The first kappa shape index (κ1) is 13.3. The van der Waals surface area contributed by atoms with E-state index in [0.717, 1.165) is 5.56 Å². The molecular weight excluding hydrogens is 240 g/mol. The van der Waals surface area contributed by atoms with Gasteiger partial charge >= 0.3 is 0 Å². The third-order valence-corrected chi connectivity index (χ3v) is 4.46. The van der Waals surface area contributed by atoms with E-state index in [1.807, 2.05) is 0 Å². The predicted molar refractivity (Wildman–Crippen MR) is 78.4 cm³/mol. The molecule has 96 valence electrons. The lowest BCUT2D eigenvalue weighted by Crippen LogP contribution is -2.05. The zero-order valence-electron chi connectivity index (χ0n) is 11.4. The highest BCUT2D eigenvalue weighted by molar-refractivity contribution is 7.12. The smallest absolute Gasteiger partial charge is 0.0841 e. The zero-order chi connectivity index (χ0) is 13.3. The van der Waals surface area contributed by atoms with Gasteiger partial charge in [-0.2, -0.15) is 0 Å². The van der Waals surface area contributed by atoms with Crippen molar-refractivity contribution < 1.29 is 5.11 Å². The van der Waals surface area contributed by atoms with Crippen molar-refractivity contribution in [3.05, 3.63) is 56.3 Å². The fourth-order valence-corrected chi connectivity index (χ4v) is 3.44. The van der Waals surface area contributed by atoms with Crippen LogP contribution in [0.4, 0.5) is 0 Å². The molecule has 1 unspecified atom stereocenters. The van der Waals surface area contributed by atoms with E-state index < -0.39 is 6.10 Å². The number of benzene rings is 1. The van der Waals surface area contributed by atoms with Crippen molar-refractivity contribution in [2.24, 2.45) is 0 Å². The molecule has 0 bridgehead atoms. The van der Waals surface area contributed by atoms with Crippen LogP contribution in [0, 0.1) is 27.7 Å². The first-order valence-electron chi connectivity index (χ1n) is 6.29. The van der Waals surface area contributed by atoms with Gasteiger partial charge in [-0.3, -0.25) is 0 Å². The average molecular weight is 260 g/mol. The van der Waals surface area contributed by atoms with E-state index in [9.17, 15) is 5.11 Å². The van der Waals surface area contributed by atoms with Crippen molar-refractivity contribution in [2.75, 3.05) is 0 Å². The van der Waals surface area contributed by atoms with Crippen molar-refractivity contribution in [3.63, 3.8) is 0 Å². The second kappa shape index (κ2) is 5.25. The number of rotatable bonds is 3. The molecule has 1 N–H and O–H groups in total. The van der Waals surface area contributed by atoms with Crippen molar-refractivity contribution in [2.45, 2.75) is 40.2 Å². The number of hydrogen-bond donors (Lipinski definition) is 1. The Balaban J connectivity index is 2.26. The maximum atomic E-state index is 10.4. The Morgan fingerprint density at radius 1 is 1.11 bits per heavy atom. The van der Waals surface area contributed by atoms with E-state index in [4.69, 9.17) is 0 Å². The van der Waals surface area contributed by atoms with Gasteiger partial charge in [0.2, 0.25) is 0 Å². The minimum absolute atomic E-state index is 0.394. The first-order valence-corrected chi connectivity index (χ1v) is 7.10. The van der Waals surface area contributed by atoms with Gasteiger partial charge in [0.05, 0.1) is 6.10 Å². The highest BCUT2D eigenvalue weighted by atomic mass is 32.1. The minimum Gasteiger partial charge on any atom is -0.388 e. The lowest BCUT2D eigenvalue weighted by Gasteiger charge is -2.15. The standard InChI is InChI=1S/C16H20OS/c1-10-6-5-7-11(2)14(10)9-16(17)15-8-12(3)18-13(15)4/h5-8,16-17H,9H2,1-4H3. The molecule has 1 nitrogen and oxygen atoms in total. The minimum atomic E-state index is -0.394. The summed E-state index contributed by atoms with van der Waals surface area (Å²) >= 11 is 1.76. The Hall–Kier alpha value is -1.12. The van der Waals surface area contributed by atoms with Gasteiger partial charge in [0, 0.05) is 16.2 Å². The number of thiophene rings is 1. The lowest BCUT2D eigenvalue weighted by atomic mass is 9.95. The monoisotopic (exact) mass is 260 g/mol. The fraction of sp³-hybridized carbons (Fsp3) is 0.375. The Kier molecular flexibility index (Phi) is 3.88. The van der Waals surface area contributed by atoms with Crippen molar-refractivity contribution >= 4 is 11.3 Å². The molecule has 0 radical (unpaired) electrons. The Morgan fingerprint density at radius 3 is 2.22 bits per heavy atom. The molecule has 1 heterocycles. The van der Waals surface area contributed by atoms with Gasteiger partial charge in [0.15, 0.2) is 0 Å². The zero-order valence-corrected chi connectivity index (χ0v) is 12.3. The van der Waals surface area contributed by atoms with Crippen LogP contribution in [0.15, 0.2) is 24.3 Å². The number of aryl methyl sites for hydroxylation is 4. The van der Waals surface area contributed by atoms with E-state index >= 15 is 0 Å². The molecule has 0 fully saturated rings. The summed E-state index contributed by atoms with van der Waals surface area (Å²) in [5.74, 6) is 0. The van der Waals surface area contributed by atoms with Crippen LogP contribution in [0.2, 0.25) is 0 Å². The van der Waals surface area contributed by atoms with Crippen LogP contribution in [0.25, 0.3) is 0 Å². The molecule has 1 aromatic carbocycles. The van der Waals surface area contributed by atoms with E-state index in [-0.39, 0.29) is 0 Å². The Morgan fingerprint density at radius 2 is 1.72 bits per heavy atom. The molecule has 0 saturated carbocycles. The average Bonchev–Trinajstić information content (AvgIpc) is 2.63. The fourth-order valence-electron chi connectivity index (χ4n) is 2.46. The van der Waals surface area contributed by atoms with Crippen molar-refractivity contribution in [3.8, 4) is 0 Å². The van der Waals surface area contributed by atoms with E-state index in [1.165, 1.54) is 26.4 Å². The molecule has 0 aliphatic carbocycles.